The minimum Gasteiger partial charge on any atom is -0.488 e. The number of terminal acetylenes is 1. The first-order valence-electron chi connectivity index (χ1n) is 6.14. The third-order valence-electron chi connectivity index (χ3n) is 3.01. The molecule has 0 atom stereocenters. The van der Waals surface area contributed by atoms with Crippen LogP contribution in [0.15, 0.2) is 24.3 Å². The summed E-state index contributed by atoms with van der Waals surface area (Å²) in [5.74, 6) is 3.48. The summed E-state index contributed by atoms with van der Waals surface area (Å²) in [5.41, 5.74) is 0.659. The standard InChI is InChI=1S/C15H16N2O/c1-2-3-4-9-17-11-15(12-17)18-14-7-5-13(10-16)6-8-14/h1,5-8,15H,3-4,9,11-12H2. The maximum Gasteiger partial charge on any atom is 0.124 e. The summed E-state index contributed by atoms with van der Waals surface area (Å²) < 4.78 is 5.79. The Morgan fingerprint density at radius 3 is 2.67 bits per heavy atom. The Morgan fingerprint density at radius 2 is 2.06 bits per heavy atom. The molecule has 3 nitrogen and oxygen atoms in total. The van der Waals surface area contributed by atoms with Crippen molar-refractivity contribution in [3.8, 4) is 24.2 Å². The smallest absolute Gasteiger partial charge is 0.124 e. The summed E-state index contributed by atoms with van der Waals surface area (Å²) >= 11 is 0. The van der Waals surface area contributed by atoms with Crippen molar-refractivity contribution in [2.75, 3.05) is 19.6 Å². The van der Waals surface area contributed by atoms with Crippen molar-refractivity contribution in [1.29, 1.82) is 5.26 Å². The second-order valence-corrected chi connectivity index (χ2v) is 4.44. The van der Waals surface area contributed by atoms with Crippen LogP contribution in [0.3, 0.4) is 0 Å². The first-order chi connectivity index (χ1) is 8.81. The lowest BCUT2D eigenvalue weighted by atomic mass is 10.1. The van der Waals surface area contributed by atoms with Gasteiger partial charge in [0.1, 0.15) is 11.9 Å². The van der Waals surface area contributed by atoms with Crippen LogP contribution in [0.1, 0.15) is 18.4 Å². The van der Waals surface area contributed by atoms with Crippen LogP contribution in [0.2, 0.25) is 0 Å². The molecule has 0 amide bonds. The lowest BCUT2D eigenvalue weighted by Gasteiger charge is -2.38. The van der Waals surface area contributed by atoms with Gasteiger partial charge in [0.2, 0.25) is 0 Å². The molecule has 18 heavy (non-hydrogen) atoms. The number of hydrogen-bond donors (Lipinski definition) is 0. The van der Waals surface area contributed by atoms with E-state index < -0.39 is 0 Å². The quantitative estimate of drug-likeness (QED) is 0.583. The lowest BCUT2D eigenvalue weighted by Crippen LogP contribution is -2.53. The normalized spacial score (nSPS) is 15.4. The van der Waals surface area contributed by atoms with Gasteiger partial charge in [-0.05, 0) is 37.2 Å². The van der Waals surface area contributed by atoms with E-state index in [0.717, 1.165) is 38.2 Å². The summed E-state index contributed by atoms with van der Waals surface area (Å²) in [6, 6.07) is 9.34. The highest BCUT2D eigenvalue weighted by Gasteiger charge is 2.27. The Morgan fingerprint density at radius 1 is 1.33 bits per heavy atom. The minimum absolute atomic E-state index is 0.267. The highest BCUT2D eigenvalue weighted by molar-refractivity contribution is 5.34. The lowest BCUT2D eigenvalue weighted by molar-refractivity contribution is 0.0197. The largest absolute Gasteiger partial charge is 0.488 e. The van der Waals surface area contributed by atoms with Crippen LogP contribution in [-0.4, -0.2) is 30.6 Å². The van der Waals surface area contributed by atoms with Crippen molar-refractivity contribution < 1.29 is 4.74 Å². The zero-order valence-corrected chi connectivity index (χ0v) is 10.3. The Labute approximate surface area is 108 Å². The monoisotopic (exact) mass is 240 g/mol. The minimum atomic E-state index is 0.267. The van der Waals surface area contributed by atoms with Crippen LogP contribution in [-0.2, 0) is 0 Å². The van der Waals surface area contributed by atoms with Crippen molar-refractivity contribution in [2.24, 2.45) is 0 Å². The van der Waals surface area contributed by atoms with Gasteiger partial charge in [-0.1, -0.05) is 0 Å². The molecule has 0 N–H and O–H groups in total. The Kier molecular flexibility index (Phi) is 4.23. The van der Waals surface area contributed by atoms with E-state index in [1.165, 1.54) is 0 Å². The van der Waals surface area contributed by atoms with Gasteiger partial charge < -0.3 is 4.74 Å². The van der Waals surface area contributed by atoms with E-state index in [1.54, 1.807) is 12.1 Å². The summed E-state index contributed by atoms with van der Waals surface area (Å²) in [4.78, 5) is 2.34. The molecule has 3 heteroatoms. The van der Waals surface area contributed by atoms with Crippen molar-refractivity contribution in [2.45, 2.75) is 18.9 Å². The molecule has 0 spiro atoms. The molecule has 1 aliphatic rings. The summed E-state index contributed by atoms with van der Waals surface area (Å²) in [6.07, 6.45) is 7.38. The van der Waals surface area contributed by atoms with Crippen LogP contribution in [0.5, 0.6) is 5.75 Å². The first kappa shape index (κ1) is 12.5. The number of benzene rings is 1. The molecule has 2 rings (SSSR count). The predicted octanol–water partition coefficient (Wildman–Crippen LogP) is 2.03. The number of unbranched alkanes of at least 4 members (excludes halogenated alkanes) is 1. The van der Waals surface area contributed by atoms with E-state index in [0.29, 0.717) is 5.56 Å². The fourth-order valence-corrected chi connectivity index (χ4v) is 1.98. The predicted molar refractivity (Wildman–Crippen MR) is 70.1 cm³/mol. The van der Waals surface area contributed by atoms with Crippen LogP contribution in [0.25, 0.3) is 0 Å². The van der Waals surface area contributed by atoms with Crippen LogP contribution in [0.4, 0.5) is 0 Å². The van der Waals surface area contributed by atoms with E-state index in [2.05, 4.69) is 16.9 Å². The molecule has 1 heterocycles. The van der Waals surface area contributed by atoms with Gasteiger partial charge in [0.25, 0.3) is 0 Å². The summed E-state index contributed by atoms with van der Waals surface area (Å²) in [7, 11) is 0. The van der Waals surface area contributed by atoms with Gasteiger partial charge in [-0.2, -0.15) is 5.26 Å². The number of nitrogens with zero attached hydrogens (tertiary/aromatic N) is 2. The maximum atomic E-state index is 8.69. The van der Waals surface area contributed by atoms with Gasteiger partial charge >= 0.3 is 0 Å². The average Bonchev–Trinajstić information content (AvgIpc) is 2.36. The maximum absolute atomic E-state index is 8.69. The van der Waals surface area contributed by atoms with E-state index >= 15 is 0 Å². The highest BCUT2D eigenvalue weighted by Crippen LogP contribution is 2.18. The Hall–Kier alpha value is -1.97. The number of rotatable bonds is 5. The van der Waals surface area contributed by atoms with Gasteiger partial charge in [-0.3, -0.25) is 4.90 Å². The molecule has 92 valence electrons. The fourth-order valence-electron chi connectivity index (χ4n) is 1.98. The number of hydrogen-bond acceptors (Lipinski definition) is 3. The second kappa shape index (κ2) is 6.10. The number of nitriles is 1. The zero-order valence-electron chi connectivity index (χ0n) is 10.3. The molecule has 0 bridgehead atoms. The molecule has 0 unspecified atom stereocenters. The molecule has 1 aromatic carbocycles. The van der Waals surface area contributed by atoms with Gasteiger partial charge in [0, 0.05) is 19.5 Å². The Balaban J connectivity index is 1.70. The van der Waals surface area contributed by atoms with E-state index in [9.17, 15) is 0 Å². The first-order valence-corrected chi connectivity index (χ1v) is 6.14. The molecule has 1 aromatic rings. The molecule has 0 aromatic heterocycles. The molecule has 0 aliphatic carbocycles. The third kappa shape index (κ3) is 3.26. The van der Waals surface area contributed by atoms with Crippen LogP contribution < -0.4 is 4.74 Å². The van der Waals surface area contributed by atoms with Crippen molar-refractivity contribution >= 4 is 0 Å². The van der Waals surface area contributed by atoms with Gasteiger partial charge in [0.05, 0.1) is 11.6 Å². The number of ether oxygens (including phenoxy) is 1. The molecule has 0 saturated carbocycles. The van der Waals surface area contributed by atoms with E-state index in [1.807, 2.05) is 12.1 Å². The van der Waals surface area contributed by atoms with Gasteiger partial charge in [-0.25, -0.2) is 0 Å². The molecule has 0 radical (unpaired) electrons. The molecular formula is C15H16N2O. The topological polar surface area (TPSA) is 36.3 Å². The molecule has 1 saturated heterocycles. The van der Waals surface area contributed by atoms with Gasteiger partial charge in [0.15, 0.2) is 0 Å². The average molecular weight is 240 g/mol. The van der Waals surface area contributed by atoms with Crippen LogP contribution >= 0.6 is 0 Å². The molecule has 1 aliphatic heterocycles. The highest BCUT2D eigenvalue weighted by atomic mass is 16.5. The van der Waals surface area contributed by atoms with Crippen molar-refractivity contribution in [3.63, 3.8) is 0 Å². The molecule has 1 fully saturated rings. The third-order valence-corrected chi connectivity index (χ3v) is 3.01. The van der Waals surface area contributed by atoms with Crippen molar-refractivity contribution in [3.05, 3.63) is 29.8 Å². The van der Waals surface area contributed by atoms with Crippen LogP contribution in [0, 0.1) is 23.7 Å². The van der Waals surface area contributed by atoms with Crippen molar-refractivity contribution in [1.82, 2.24) is 4.90 Å². The second-order valence-electron chi connectivity index (χ2n) is 4.44. The Bertz CT molecular complexity index is 461. The SMILES string of the molecule is C#CCCCN1CC(Oc2ccc(C#N)cc2)C1. The fraction of sp³-hybridized carbons (Fsp3) is 0.400. The van der Waals surface area contributed by atoms with E-state index in [4.69, 9.17) is 16.4 Å². The summed E-state index contributed by atoms with van der Waals surface area (Å²) in [6.45, 7) is 2.98. The number of likely N-dealkylation sites (tertiary alicyclic amines) is 1. The zero-order chi connectivity index (χ0) is 12.8. The molecular weight excluding hydrogens is 224 g/mol. The summed E-state index contributed by atoms with van der Waals surface area (Å²) in [5, 5.41) is 8.69. The van der Waals surface area contributed by atoms with E-state index in [-0.39, 0.29) is 6.10 Å². The van der Waals surface area contributed by atoms with Gasteiger partial charge in [-0.15, -0.1) is 12.3 Å².